The smallest absolute Gasteiger partial charge is 0.317 e. The lowest BCUT2D eigenvalue weighted by molar-refractivity contribution is 0.111. The van der Waals surface area contributed by atoms with Crippen molar-refractivity contribution in [1.29, 1.82) is 0 Å². The number of hydrogen-bond donors (Lipinski definition) is 1. The minimum atomic E-state index is -0.0729. The monoisotopic (exact) mass is 329 g/mol. The molecule has 0 saturated carbocycles. The molecule has 24 heavy (non-hydrogen) atoms. The van der Waals surface area contributed by atoms with Crippen LogP contribution in [0.25, 0.3) is 0 Å². The van der Waals surface area contributed by atoms with E-state index in [1.807, 2.05) is 29.2 Å². The Morgan fingerprint density at radius 3 is 2.62 bits per heavy atom. The first kappa shape index (κ1) is 16.3. The van der Waals surface area contributed by atoms with E-state index in [1.54, 1.807) is 18.1 Å². The maximum absolute atomic E-state index is 12.2. The summed E-state index contributed by atoms with van der Waals surface area (Å²) >= 11 is 0. The van der Waals surface area contributed by atoms with E-state index in [-0.39, 0.29) is 12.1 Å². The summed E-state index contributed by atoms with van der Waals surface area (Å²) < 4.78 is 7.61. The van der Waals surface area contributed by atoms with Crippen molar-refractivity contribution in [2.75, 3.05) is 13.1 Å². The van der Waals surface area contributed by atoms with E-state index in [9.17, 15) is 4.79 Å². The van der Waals surface area contributed by atoms with Crippen molar-refractivity contribution in [2.24, 2.45) is 7.05 Å². The van der Waals surface area contributed by atoms with Gasteiger partial charge in [-0.3, -0.25) is 4.68 Å². The van der Waals surface area contributed by atoms with Crippen LogP contribution in [0.15, 0.2) is 30.6 Å². The molecule has 0 aliphatic carbocycles. The van der Waals surface area contributed by atoms with E-state index in [2.05, 4.69) is 22.3 Å². The number of carbonyl (C=O) groups is 1. The van der Waals surface area contributed by atoms with Crippen LogP contribution in [-0.4, -0.2) is 44.9 Å². The predicted molar refractivity (Wildman–Crippen MR) is 89.6 cm³/mol. The summed E-state index contributed by atoms with van der Waals surface area (Å²) in [6.07, 6.45) is 3.45. The van der Waals surface area contributed by atoms with Crippen molar-refractivity contribution in [1.82, 2.24) is 25.0 Å². The SMILES string of the molecule is Cc1ccc(OC2CCN(C(=O)NCc3ncn(C)n3)CC2)cc1. The largest absolute Gasteiger partial charge is 0.490 e. The molecule has 7 heteroatoms. The third-order valence-corrected chi connectivity index (χ3v) is 4.10. The van der Waals surface area contributed by atoms with Gasteiger partial charge in [-0.2, -0.15) is 5.10 Å². The Bertz CT molecular complexity index is 675. The molecule has 2 aromatic rings. The zero-order chi connectivity index (χ0) is 16.9. The average molecular weight is 329 g/mol. The molecule has 0 bridgehead atoms. The molecular formula is C17H23N5O2. The molecule has 128 valence electrons. The van der Waals surface area contributed by atoms with Crippen LogP contribution in [0.5, 0.6) is 5.75 Å². The summed E-state index contributed by atoms with van der Waals surface area (Å²) in [7, 11) is 1.80. The van der Waals surface area contributed by atoms with Crippen molar-refractivity contribution >= 4 is 6.03 Å². The first-order valence-electron chi connectivity index (χ1n) is 8.21. The highest BCUT2D eigenvalue weighted by Gasteiger charge is 2.23. The molecule has 0 atom stereocenters. The molecule has 7 nitrogen and oxygen atoms in total. The van der Waals surface area contributed by atoms with Crippen LogP contribution in [-0.2, 0) is 13.6 Å². The summed E-state index contributed by atoms with van der Waals surface area (Å²) in [4.78, 5) is 18.1. The van der Waals surface area contributed by atoms with Gasteiger partial charge in [0.2, 0.25) is 0 Å². The van der Waals surface area contributed by atoms with E-state index in [0.29, 0.717) is 25.5 Å². The number of amides is 2. The maximum Gasteiger partial charge on any atom is 0.317 e. The Morgan fingerprint density at radius 1 is 1.29 bits per heavy atom. The Kier molecular flexibility index (Phi) is 4.98. The van der Waals surface area contributed by atoms with Crippen molar-refractivity contribution in [3.05, 3.63) is 42.0 Å². The number of aryl methyl sites for hydroxylation is 2. The summed E-state index contributed by atoms with van der Waals surface area (Å²) in [5, 5.41) is 7.01. The van der Waals surface area contributed by atoms with E-state index >= 15 is 0 Å². The standard InChI is InChI=1S/C17H23N5O2/c1-13-3-5-14(6-4-13)24-15-7-9-22(10-8-15)17(23)18-11-16-19-12-21(2)20-16/h3-6,12,15H,7-11H2,1-2H3,(H,18,23). The Balaban J connectivity index is 1.42. The molecule has 3 rings (SSSR count). The van der Waals surface area contributed by atoms with Gasteiger partial charge in [-0.15, -0.1) is 0 Å². The molecule has 1 aliphatic heterocycles. The van der Waals surface area contributed by atoms with Crippen molar-refractivity contribution < 1.29 is 9.53 Å². The maximum atomic E-state index is 12.2. The lowest BCUT2D eigenvalue weighted by atomic mass is 10.1. The molecular weight excluding hydrogens is 306 g/mol. The Morgan fingerprint density at radius 2 is 2.00 bits per heavy atom. The number of likely N-dealkylation sites (tertiary alicyclic amines) is 1. The van der Waals surface area contributed by atoms with Crippen LogP contribution < -0.4 is 10.1 Å². The van der Waals surface area contributed by atoms with E-state index in [4.69, 9.17) is 4.74 Å². The first-order valence-corrected chi connectivity index (χ1v) is 8.21. The number of aromatic nitrogens is 3. The fraction of sp³-hybridized carbons (Fsp3) is 0.471. The molecule has 1 aliphatic rings. The van der Waals surface area contributed by atoms with Gasteiger partial charge in [-0.1, -0.05) is 17.7 Å². The summed E-state index contributed by atoms with van der Waals surface area (Å²) in [5.41, 5.74) is 1.22. The molecule has 1 aromatic heterocycles. The van der Waals surface area contributed by atoms with Crippen LogP contribution >= 0.6 is 0 Å². The van der Waals surface area contributed by atoms with Gasteiger partial charge in [-0.25, -0.2) is 9.78 Å². The normalized spacial score (nSPS) is 15.3. The molecule has 2 amide bonds. The van der Waals surface area contributed by atoms with Crippen molar-refractivity contribution in [3.63, 3.8) is 0 Å². The quantitative estimate of drug-likeness (QED) is 0.929. The highest BCUT2D eigenvalue weighted by atomic mass is 16.5. The molecule has 0 radical (unpaired) electrons. The van der Waals surface area contributed by atoms with Crippen molar-refractivity contribution in [3.8, 4) is 5.75 Å². The minimum absolute atomic E-state index is 0.0729. The molecule has 0 unspecified atom stereocenters. The van der Waals surface area contributed by atoms with E-state index in [0.717, 1.165) is 18.6 Å². The number of piperidine rings is 1. The van der Waals surface area contributed by atoms with Crippen molar-refractivity contribution in [2.45, 2.75) is 32.4 Å². The highest BCUT2D eigenvalue weighted by Crippen LogP contribution is 2.19. The molecule has 2 heterocycles. The van der Waals surface area contributed by atoms with Gasteiger partial charge < -0.3 is 15.0 Å². The lowest BCUT2D eigenvalue weighted by Crippen LogP contribution is -2.46. The number of urea groups is 1. The van der Waals surface area contributed by atoms with Crippen LogP contribution in [0.4, 0.5) is 4.79 Å². The van der Waals surface area contributed by atoms with Gasteiger partial charge in [0.25, 0.3) is 0 Å². The van der Waals surface area contributed by atoms with Crippen LogP contribution in [0.1, 0.15) is 24.2 Å². The van der Waals surface area contributed by atoms with Gasteiger partial charge in [0.05, 0.1) is 6.54 Å². The van der Waals surface area contributed by atoms with E-state index in [1.165, 1.54) is 5.56 Å². The van der Waals surface area contributed by atoms with Gasteiger partial charge in [0, 0.05) is 33.0 Å². The predicted octanol–water partition coefficient (Wildman–Crippen LogP) is 1.88. The number of carbonyl (C=O) groups excluding carboxylic acids is 1. The topological polar surface area (TPSA) is 72.3 Å². The van der Waals surface area contributed by atoms with Crippen LogP contribution in [0, 0.1) is 6.92 Å². The highest BCUT2D eigenvalue weighted by molar-refractivity contribution is 5.74. The second kappa shape index (κ2) is 7.33. The van der Waals surface area contributed by atoms with Gasteiger partial charge in [0.1, 0.15) is 18.2 Å². The number of nitrogens with one attached hydrogen (secondary N) is 1. The number of benzene rings is 1. The van der Waals surface area contributed by atoms with Crippen LogP contribution in [0.3, 0.4) is 0 Å². The van der Waals surface area contributed by atoms with Gasteiger partial charge >= 0.3 is 6.03 Å². The molecule has 1 fully saturated rings. The molecule has 1 N–H and O–H groups in total. The number of nitrogens with zero attached hydrogens (tertiary/aromatic N) is 4. The lowest BCUT2D eigenvalue weighted by Gasteiger charge is -2.32. The molecule has 0 spiro atoms. The van der Waals surface area contributed by atoms with E-state index < -0.39 is 0 Å². The number of ether oxygens (including phenoxy) is 1. The Hall–Kier alpha value is -2.57. The number of hydrogen-bond acceptors (Lipinski definition) is 4. The minimum Gasteiger partial charge on any atom is -0.490 e. The first-order chi connectivity index (χ1) is 11.6. The summed E-state index contributed by atoms with van der Waals surface area (Å²) in [6.45, 7) is 3.79. The fourth-order valence-corrected chi connectivity index (χ4v) is 2.72. The van der Waals surface area contributed by atoms with Gasteiger partial charge in [0.15, 0.2) is 5.82 Å². The third-order valence-electron chi connectivity index (χ3n) is 4.10. The summed E-state index contributed by atoms with van der Waals surface area (Å²) in [5.74, 6) is 1.51. The fourth-order valence-electron chi connectivity index (χ4n) is 2.72. The van der Waals surface area contributed by atoms with Gasteiger partial charge in [-0.05, 0) is 19.1 Å². The summed E-state index contributed by atoms with van der Waals surface area (Å²) in [6, 6.07) is 8.01. The third kappa shape index (κ3) is 4.24. The zero-order valence-electron chi connectivity index (χ0n) is 14.1. The zero-order valence-corrected chi connectivity index (χ0v) is 14.1. The van der Waals surface area contributed by atoms with Crippen LogP contribution in [0.2, 0.25) is 0 Å². The molecule has 1 saturated heterocycles. The number of rotatable bonds is 4. The second-order valence-corrected chi connectivity index (χ2v) is 6.11. The molecule has 1 aromatic carbocycles. The second-order valence-electron chi connectivity index (χ2n) is 6.11. The average Bonchev–Trinajstić information content (AvgIpc) is 3.01. The Labute approximate surface area is 141 Å².